The molecule has 0 radical (unpaired) electrons. The Morgan fingerprint density at radius 3 is 2.68 bits per heavy atom. The van der Waals surface area contributed by atoms with Crippen LogP contribution in [-0.4, -0.2) is 22.7 Å². The van der Waals surface area contributed by atoms with E-state index in [1.807, 2.05) is 0 Å². The van der Waals surface area contributed by atoms with Crippen molar-refractivity contribution < 1.29 is 14.3 Å². The maximum atomic E-state index is 14.1. The van der Waals surface area contributed by atoms with Gasteiger partial charge in [0.15, 0.2) is 0 Å². The molecular formula is C17H19BrFN3O3. The van der Waals surface area contributed by atoms with Crippen molar-refractivity contribution in [2.24, 2.45) is 5.73 Å². The molecule has 1 aromatic carbocycles. The van der Waals surface area contributed by atoms with E-state index in [4.69, 9.17) is 0 Å². The molecule has 0 unspecified atom stereocenters. The zero-order chi connectivity index (χ0) is 18.7. The first-order valence-corrected chi connectivity index (χ1v) is 8.49. The van der Waals surface area contributed by atoms with Crippen LogP contribution in [0.25, 0.3) is 0 Å². The minimum atomic E-state index is -1.13. The molecule has 4 N–H and O–H groups in total. The van der Waals surface area contributed by atoms with E-state index < -0.39 is 11.8 Å². The first kappa shape index (κ1) is 19.1. The largest absolute Gasteiger partial charge is 0.478 e. The molecule has 0 amide bonds. The number of benzene rings is 1. The lowest BCUT2D eigenvalue weighted by Crippen LogP contribution is -2.26. The molecule has 0 spiro atoms. The van der Waals surface area contributed by atoms with Crippen LogP contribution >= 0.6 is 15.9 Å². The van der Waals surface area contributed by atoms with Gasteiger partial charge in [-0.15, -0.1) is 0 Å². The van der Waals surface area contributed by atoms with Gasteiger partial charge in [0, 0.05) is 22.3 Å². The van der Waals surface area contributed by atoms with Crippen molar-refractivity contribution >= 4 is 33.3 Å². The van der Waals surface area contributed by atoms with E-state index in [9.17, 15) is 19.1 Å². The Kier molecular flexibility index (Phi) is 5.97. The van der Waals surface area contributed by atoms with Crippen LogP contribution in [0, 0.1) is 12.7 Å². The van der Waals surface area contributed by atoms with E-state index in [-0.39, 0.29) is 28.1 Å². The Morgan fingerprint density at radius 1 is 1.40 bits per heavy atom. The van der Waals surface area contributed by atoms with Gasteiger partial charge in [-0.05, 0) is 45.0 Å². The van der Waals surface area contributed by atoms with E-state index >= 15 is 0 Å². The molecule has 1 aliphatic heterocycles. The minimum absolute atomic E-state index is 0.0434. The van der Waals surface area contributed by atoms with Crippen LogP contribution in [0.15, 0.2) is 27.5 Å². The number of carboxylic acids is 1. The van der Waals surface area contributed by atoms with Gasteiger partial charge in [0.25, 0.3) is 5.56 Å². The maximum Gasteiger partial charge on any atom is 0.339 e. The van der Waals surface area contributed by atoms with Gasteiger partial charge in [-0.2, -0.15) is 0 Å². The van der Waals surface area contributed by atoms with Gasteiger partial charge in [0.2, 0.25) is 0 Å². The second-order valence-electron chi connectivity index (χ2n) is 5.44. The van der Waals surface area contributed by atoms with Crippen LogP contribution < -0.4 is 16.6 Å². The Morgan fingerprint density at radius 2 is 2.08 bits per heavy atom. The Balaban J connectivity index is 0.00000109. The highest BCUT2D eigenvalue weighted by molar-refractivity contribution is 9.10. The Labute approximate surface area is 152 Å². The quantitative estimate of drug-likeness (QED) is 0.720. The normalized spacial score (nSPS) is 12.2. The summed E-state index contributed by atoms with van der Waals surface area (Å²) in [6.45, 7) is 2.07. The first-order valence-electron chi connectivity index (χ1n) is 7.69. The van der Waals surface area contributed by atoms with Crippen molar-refractivity contribution in [1.82, 2.24) is 4.57 Å². The van der Waals surface area contributed by atoms with Crippen molar-refractivity contribution in [3.8, 4) is 0 Å². The highest BCUT2D eigenvalue weighted by Gasteiger charge is 2.27. The predicted octanol–water partition coefficient (Wildman–Crippen LogP) is 3.02. The van der Waals surface area contributed by atoms with Crippen molar-refractivity contribution in [2.75, 3.05) is 12.4 Å². The molecule has 1 aromatic heterocycles. The number of aromatic nitrogens is 1. The van der Waals surface area contributed by atoms with Gasteiger partial charge in [-0.1, -0.05) is 15.9 Å². The molecule has 25 heavy (non-hydrogen) atoms. The van der Waals surface area contributed by atoms with E-state index in [0.717, 1.165) is 6.42 Å². The number of hydrogen-bond acceptors (Lipinski definition) is 4. The van der Waals surface area contributed by atoms with Crippen LogP contribution in [0.2, 0.25) is 0 Å². The van der Waals surface area contributed by atoms with E-state index in [1.54, 1.807) is 13.0 Å². The van der Waals surface area contributed by atoms with Crippen molar-refractivity contribution in [3.05, 3.63) is 55.7 Å². The molecule has 1 aliphatic rings. The van der Waals surface area contributed by atoms with Crippen LogP contribution in [0.5, 0.6) is 0 Å². The number of pyridine rings is 1. The Hall–Kier alpha value is -2.19. The predicted molar refractivity (Wildman–Crippen MR) is 98.2 cm³/mol. The topological polar surface area (TPSA) is 97.3 Å². The fraction of sp³-hybridized carbons (Fsp3) is 0.294. The molecule has 0 saturated carbocycles. The number of aromatic carboxylic acids is 1. The number of nitrogens with two attached hydrogens (primary N) is 1. The number of rotatable bonds is 3. The van der Waals surface area contributed by atoms with Gasteiger partial charge < -0.3 is 20.7 Å². The van der Waals surface area contributed by atoms with Crippen LogP contribution in [0.3, 0.4) is 0 Å². The van der Waals surface area contributed by atoms with Crippen LogP contribution in [0.1, 0.15) is 28.0 Å². The lowest BCUT2D eigenvalue weighted by molar-refractivity contribution is 0.0696. The van der Waals surface area contributed by atoms with Crippen LogP contribution in [0.4, 0.5) is 15.8 Å². The number of carbonyl (C=O) groups is 1. The van der Waals surface area contributed by atoms with Gasteiger partial charge in [0.1, 0.15) is 11.4 Å². The summed E-state index contributed by atoms with van der Waals surface area (Å²) in [7, 11) is 1.50. The fourth-order valence-corrected chi connectivity index (χ4v) is 3.25. The third kappa shape index (κ3) is 3.59. The molecule has 134 valence electrons. The van der Waals surface area contributed by atoms with E-state index in [1.165, 1.54) is 23.7 Å². The average Bonchev–Trinajstić information content (AvgIpc) is 3.05. The summed E-state index contributed by atoms with van der Waals surface area (Å²) in [5.74, 6) is -1.66. The Bertz CT molecular complexity index is 880. The minimum Gasteiger partial charge on any atom is -0.478 e. The molecule has 6 nitrogen and oxygen atoms in total. The molecule has 3 rings (SSSR count). The summed E-state index contributed by atoms with van der Waals surface area (Å²) in [6, 6.07) is 4.41. The number of fused-ring (bicyclic) bond motifs is 1. The average molecular weight is 412 g/mol. The highest BCUT2D eigenvalue weighted by Crippen LogP contribution is 2.30. The standard InChI is InChI=1S/C16H14BrFN2O3.CH5N/c1-8-14(19-11-5-4-9(17)7-10(11)18)13(16(22)23)12-3-2-6-20(12)15(8)21;1-2/h4-5,7,19H,2-3,6H2,1H3,(H,22,23);2H2,1H3. The summed E-state index contributed by atoms with van der Waals surface area (Å²) < 4.78 is 16.1. The molecular weight excluding hydrogens is 393 g/mol. The SMILES string of the molecule is CN.Cc1c(Nc2ccc(Br)cc2F)c(C(=O)O)c2n(c1=O)CCC2. The van der Waals surface area contributed by atoms with Crippen molar-refractivity contribution in [3.63, 3.8) is 0 Å². The summed E-state index contributed by atoms with van der Waals surface area (Å²) in [5.41, 5.74) is 5.37. The number of halogens is 2. The summed E-state index contributed by atoms with van der Waals surface area (Å²) in [6.07, 6.45) is 1.25. The van der Waals surface area contributed by atoms with E-state index in [0.29, 0.717) is 23.1 Å². The van der Waals surface area contributed by atoms with Crippen molar-refractivity contribution in [1.29, 1.82) is 0 Å². The molecule has 2 heterocycles. The summed E-state index contributed by atoms with van der Waals surface area (Å²) in [4.78, 5) is 24.1. The molecule has 0 atom stereocenters. The van der Waals surface area contributed by atoms with Crippen molar-refractivity contribution in [2.45, 2.75) is 26.3 Å². The second kappa shape index (κ2) is 7.79. The molecule has 8 heteroatoms. The monoisotopic (exact) mass is 411 g/mol. The van der Waals surface area contributed by atoms with Crippen LogP contribution in [-0.2, 0) is 13.0 Å². The summed E-state index contributed by atoms with van der Waals surface area (Å²) in [5, 5.41) is 12.4. The zero-order valence-corrected chi connectivity index (χ0v) is 15.5. The third-order valence-electron chi connectivity index (χ3n) is 4.01. The molecule has 0 aliphatic carbocycles. The van der Waals surface area contributed by atoms with Gasteiger partial charge in [-0.3, -0.25) is 4.79 Å². The highest BCUT2D eigenvalue weighted by atomic mass is 79.9. The fourth-order valence-electron chi connectivity index (χ4n) is 2.91. The summed E-state index contributed by atoms with van der Waals surface area (Å²) >= 11 is 3.17. The van der Waals surface area contributed by atoms with E-state index in [2.05, 4.69) is 27.0 Å². The number of hydrogen-bond donors (Lipinski definition) is 3. The lowest BCUT2D eigenvalue weighted by atomic mass is 10.1. The third-order valence-corrected chi connectivity index (χ3v) is 4.50. The number of nitrogens with one attached hydrogen (secondary N) is 1. The number of carboxylic acid groups (broad SMARTS) is 1. The second-order valence-corrected chi connectivity index (χ2v) is 6.35. The molecule has 2 aromatic rings. The first-order chi connectivity index (χ1) is 11.9. The number of nitrogens with zero attached hydrogens (tertiary/aromatic N) is 1. The molecule has 0 bridgehead atoms. The smallest absolute Gasteiger partial charge is 0.339 e. The van der Waals surface area contributed by atoms with Gasteiger partial charge >= 0.3 is 5.97 Å². The molecule has 0 saturated heterocycles. The lowest BCUT2D eigenvalue weighted by Gasteiger charge is -2.17. The zero-order valence-electron chi connectivity index (χ0n) is 13.9. The van der Waals surface area contributed by atoms with Gasteiger partial charge in [-0.25, -0.2) is 9.18 Å². The van der Waals surface area contributed by atoms with Gasteiger partial charge in [0.05, 0.1) is 11.4 Å². The molecule has 0 fully saturated rings. The number of anilines is 2. The maximum absolute atomic E-state index is 14.1.